The molecule has 0 aliphatic heterocycles. The lowest BCUT2D eigenvalue weighted by molar-refractivity contribution is 0.352. The van der Waals surface area contributed by atoms with Gasteiger partial charge in [0.05, 0.1) is 0 Å². The van der Waals surface area contributed by atoms with Crippen molar-refractivity contribution in [2.45, 2.75) is 26.3 Å². The Bertz CT molecular complexity index is 329. The van der Waals surface area contributed by atoms with Crippen molar-refractivity contribution in [1.29, 1.82) is 0 Å². The van der Waals surface area contributed by atoms with Crippen LogP contribution in [-0.4, -0.2) is 19.7 Å². The van der Waals surface area contributed by atoms with E-state index in [9.17, 15) is 0 Å². The molecule has 0 radical (unpaired) electrons. The van der Waals surface area contributed by atoms with E-state index in [0.717, 1.165) is 17.7 Å². The van der Waals surface area contributed by atoms with Gasteiger partial charge in [-0.15, -0.1) is 0 Å². The van der Waals surface area contributed by atoms with Gasteiger partial charge in [0.25, 0.3) is 0 Å². The number of hydrogen-bond donors (Lipinski definition) is 1. The summed E-state index contributed by atoms with van der Waals surface area (Å²) >= 11 is 0. The molecular formula is C14H21NO. The average Bonchev–Trinajstić information content (AvgIpc) is 2.28. The summed E-state index contributed by atoms with van der Waals surface area (Å²) in [6.45, 7) is 8.53. The molecule has 0 aromatic heterocycles. The number of hydrogen-bond acceptors (Lipinski definition) is 2. The topological polar surface area (TPSA) is 21.3 Å². The van der Waals surface area contributed by atoms with Crippen LogP contribution in [0.5, 0.6) is 5.75 Å². The van der Waals surface area contributed by atoms with Crippen LogP contribution in [0.4, 0.5) is 0 Å². The van der Waals surface area contributed by atoms with Crippen LogP contribution in [0, 0.1) is 0 Å². The molecule has 0 aliphatic carbocycles. The van der Waals surface area contributed by atoms with Crippen molar-refractivity contribution in [2.24, 2.45) is 0 Å². The third-order valence-corrected chi connectivity index (χ3v) is 2.44. The standard InChI is InChI=1S/C14H21NO/c1-11(2)10-16-14-7-5-13(6-8-14)9-12(3)15-4/h5-8,12,15H,1,9-10H2,2-4H3. The van der Waals surface area contributed by atoms with Crippen LogP contribution in [0.2, 0.25) is 0 Å². The highest BCUT2D eigenvalue weighted by Crippen LogP contribution is 2.14. The molecule has 2 nitrogen and oxygen atoms in total. The highest BCUT2D eigenvalue weighted by molar-refractivity contribution is 5.28. The second-order valence-electron chi connectivity index (χ2n) is 4.28. The number of benzene rings is 1. The lowest BCUT2D eigenvalue weighted by atomic mass is 10.1. The van der Waals surface area contributed by atoms with Gasteiger partial charge in [-0.1, -0.05) is 18.7 Å². The van der Waals surface area contributed by atoms with Crippen molar-refractivity contribution >= 4 is 0 Å². The summed E-state index contributed by atoms with van der Waals surface area (Å²) in [6.07, 6.45) is 1.04. The molecule has 1 aromatic carbocycles. The molecule has 0 saturated carbocycles. The van der Waals surface area contributed by atoms with Crippen molar-refractivity contribution in [3.8, 4) is 5.75 Å². The first-order chi connectivity index (χ1) is 7.61. The van der Waals surface area contributed by atoms with Crippen molar-refractivity contribution in [2.75, 3.05) is 13.7 Å². The minimum absolute atomic E-state index is 0.502. The minimum atomic E-state index is 0.502. The Morgan fingerprint density at radius 3 is 2.50 bits per heavy atom. The van der Waals surface area contributed by atoms with Crippen molar-refractivity contribution in [1.82, 2.24) is 5.32 Å². The summed E-state index contributed by atoms with van der Waals surface area (Å²) in [5.41, 5.74) is 2.36. The van der Waals surface area contributed by atoms with Gasteiger partial charge in [-0.2, -0.15) is 0 Å². The summed E-state index contributed by atoms with van der Waals surface area (Å²) in [6, 6.07) is 8.76. The van der Waals surface area contributed by atoms with Gasteiger partial charge in [-0.3, -0.25) is 0 Å². The van der Waals surface area contributed by atoms with Gasteiger partial charge in [0.15, 0.2) is 0 Å². The molecule has 0 bridgehead atoms. The SMILES string of the molecule is C=C(C)COc1ccc(CC(C)NC)cc1. The second kappa shape index (κ2) is 6.33. The highest BCUT2D eigenvalue weighted by Gasteiger charge is 2.00. The summed E-state index contributed by atoms with van der Waals surface area (Å²) < 4.78 is 5.54. The minimum Gasteiger partial charge on any atom is -0.489 e. The van der Waals surface area contributed by atoms with E-state index in [2.05, 4.69) is 31.0 Å². The fourth-order valence-electron chi connectivity index (χ4n) is 1.38. The van der Waals surface area contributed by atoms with Gasteiger partial charge in [0, 0.05) is 6.04 Å². The maximum Gasteiger partial charge on any atom is 0.119 e. The van der Waals surface area contributed by atoms with E-state index in [-0.39, 0.29) is 0 Å². The molecule has 88 valence electrons. The van der Waals surface area contributed by atoms with Crippen LogP contribution >= 0.6 is 0 Å². The third kappa shape index (κ3) is 4.49. The fourth-order valence-corrected chi connectivity index (χ4v) is 1.38. The molecule has 1 unspecified atom stereocenters. The van der Waals surface area contributed by atoms with Gasteiger partial charge in [-0.05, 0) is 50.6 Å². The maximum atomic E-state index is 5.54. The normalized spacial score (nSPS) is 12.2. The van der Waals surface area contributed by atoms with E-state index < -0.39 is 0 Å². The first kappa shape index (κ1) is 12.8. The van der Waals surface area contributed by atoms with Crippen molar-refractivity contribution in [3.63, 3.8) is 0 Å². The van der Waals surface area contributed by atoms with Crippen LogP contribution < -0.4 is 10.1 Å². The third-order valence-electron chi connectivity index (χ3n) is 2.44. The van der Waals surface area contributed by atoms with Gasteiger partial charge in [0.2, 0.25) is 0 Å². The van der Waals surface area contributed by atoms with Crippen molar-refractivity contribution in [3.05, 3.63) is 42.0 Å². The summed E-state index contributed by atoms with van der Waals surface area (Å²) in [5.74, 6) is 0.906. The van der Waals surface area contributed by atoms with E-state index in [1.807, 2.05) is 26.1 Å². The lowest BCUT2D eigenvalue weighted by Gasteiger charge is -2.11. The molecule has 0 spiro atoms. The van der Waals surface area contributed by atoms with Gasteiger partial charge >= 0.3 is 0 Å². The second-order valence-corrected chi connectivity index (χ2v) is 4.28. The van der Waals surface area contributed by atoms with Crippen LogP contribution in [0.3, 0.4) is 0 Å². The molecule has 1 aromatic rings. The zero-order valence-corrected chi connectivity index (χ0v) is 10.4. The van der Waals surface area contributed by atoms with Gasteiger partial charge in [-0.25, -0.2) is 0 Å². The number of nitrogens with one attached hydrogen (secondary N) is 1. The Morgan fingerprint density at radius 2 is 2.00 bits per heavy atom. The predicted octanol–water partition coefficient (Wildman–Crippen LogP) is 2.79. The number of rotatable bonds is 6. The Morgan fingerprint density at radius 1 is 1.38 bits per heavy atom. The molecule has 1 atom stereocenters. The summed E-state index contributed by atoms with van der Waals surface area (Å²) in [4.78, 5) is 0. The summed E-state index contributed by atoms with van der Waals surface area (Å²) in [5, 5.41) is 3.23. The molecule has 16 heavy (non-hydrogen) atoms. The lowest BCUT2D eigenvalue weighted by Crippen LogP contribution is -2.23. The molecule has 2 heteroatoms. The molecule has 0 fully saturated rings. The molecule has 0 saturated heterocycles. The van der Waals surface area contributed by atoms with Crippen LogP contribution in [-0.2, 0) is 6.42 Å². The van der Waals surface area contributed by atoms with Gasteiger partial charge < -0.3 is 10.1 Å². The molecule has 1 rings (SSSR count). The quantitative estimate of drug-likeness (QED) is 0.743. The summed E-state index contributed by atoms with van der Waals surface area (Å²) in [7, 11) is 1.98. The number of likely N-dealkylation sites (N-methyl/N-ethyl adjacent to an activating group) is 1. The van der Waals surface area contributed by atoms with E-state index in [1.54, 1.807) is 0 Å². The van der Waals surface area contributed by atoms with Crippen LogP contribution in [0.1, 0.15) is 19.4 Å². The molecule has 0 amide bonds. The first-order valence-corrected chi connectivity index (χ1v) is 5.65. The monoisotopic (exact) mass is 219 g/mol. The average molecular weight is 219 g/mol. The zero-order chi connectivity index (χ0) is 12.0. The van der Waals surface area contributed by atoms with E-state index in [4.69, 9.17) is 4.74 Å². The number of ether oxygens (including phenoxy) is 1. The van der Waals surface area contributed by atoms with Crippen LogP contribution in [0.15, 0.2) is 36.4 Å². The Labute approximate surface area is 98.3 Å². The molecular weight excluding hydrogens is 198 g/mol. The Hall–Kier alpha value is -1.28. The van der Waals surface area contributed by atoms with Gasteiger partial charge in [0.1, 0.15) is 12.4 Å². The molecule has 1 N–H and O–H groups in total. The predicted molar refractivity (Wildman–Crippen MR) is 69.0 cm³/mol. The Balaban J connectivity index is 2.50. The molecule has 0 aliphatic rings. The van der Waals surface area contributed by atoms with Crippen molar-refractivity contribution < 1.29 is 4.74 Å². The highest BCUT2D eigenvalue weighted by atomic mass is 16.5. The van der Waals surface area contributed by atoms with E-state index in [1.165, 1.54) is 5.56 Å². The Kier molecular flexibility index (Phi) is 5.06. The molecule has 0 heterocycles. The maximum absolute atomic E-state index is 5.54. The zero-order valence-electron chi connectivity index (χ0n) is 10.4. The largest absolute Gasteiger partial charge is 0.489 e. The van der Waals surface area contributed by atoms with E-state index >= 15 is 0 Å². The fraction of sp³-hybridized carbons (Fsp3) is 0.429. The first-order valence-electron chi connectivity index (χ1n) is 5.65. The smallest absolute Gasteiger partial charge is 0.119 e. The van der Waals surface area contributed by atoms with Crippen LogP contribution in [0.25, 0.3) is 0 Å². The van der Waals surface area contributed by atoms with E-state index in [0.29, 0.717) is 12.6 Å².